The van der Waals surface area contributed by atoms with Crippen molar-refractivity contribution in [1.82, 2.24) is 4.90 Å². The topological polar surface area (TPSA) is 29.3 Å². The second-order valence-electron chi connectivity index (χ2n) is 6.09. The van der Waals surface area contributed by atoms with E-state index < -0.39 is 0 Å². The smallest absolute Gasteiger partial charge is 0.0231 e. The van der Waals surface area contributed by atoms with Crippen LogP contribution in [0.4, 0.5) is 0 Å². The second kappa shape index (κ2) is 9.54. The molecule has 0 aromatic heterocycles. The van der Waals surface area contributed by atoms with Gasteiger partial charge in [0.25, 0.3) is 0 Å². The van der Waals surface area contributed by atoms with Gasteiger partial charge in [0.2, 0.25) is 0 Å². The van der Waals surface area contributed by atoms with Gasteiger partial charge in [-0.05, 0) is 68.9 Å². The lowest BCUT2D eigenvalue weighted by atomic mass is 9.88. The van der Waals surface area contributed by atoms with Gasteiger partial charge in [0.15, 0.2) is 0 Å². The molecule has 1 atom stereocenters. The van der Waals surface area contributed by atoms with E-state index in [4.69, 9.17) is 5.73 Å². The van der Waals surface area contributed by atoms with E-state index in [0.29, 0.717) is 0 Å². The van der Waals surface area contributed by atoms with Gasteiger partial charge in [0.1, 0.15) is 0 Å². The van der Waals surface area contributed by atoms with Crippen molar-refractivity contribution < 1.29 is 0 Å². The Morgan fingerprint density at radius 3 is 2.60 bits per heavy atom. The molecule has 1 aromatic carbocycles. The minimum atomic E-state index is 0.744. The van der Waals surface area contributed by atoms with Crippen LogP contribution in [0.25, 0.3) is 0 Å². The van der Waals surface area contributed by atoms with Crippen molar-refractivity contribution in [3.05, 3.63) is 34.3 Å². The Morgan fingerprint density at radius 1 is 1.25 bits per heavy atom. The maximum absolute atomic E-state index is 5.70. The van der Waals surface area contributed by atoms with Crippen LogP contribution in [0.1, 0.15) is 38.7 Å². The molecule has 3 heteroatoms. The van der Waals surface area contributed by atoms with Crippen LogP contribution in [-0.4, -0.2) is 25.0 Å². The molecule has 0 heterocycles. The maximum atomic E-state index is 5.70. The molecule has 0 bridgehead atoms. The molecule has 2 nitrogen and oxygen atoms in total. The van der Waals surface area contributed by atoms with Gasteiger partial charge < -0.3 is 10.6 Å². The molecule has 0 fully saturated rings. The molecule has 1 unspecified atom stereocenters. The Labute approximate surface area is 132 Å². The van der Waals surface area contributed by atoms with E-state index in [-0.39, 0.29) is 0 Å². The van der Waals surface area contributed by atoms with Crippen LogP contribution >= 0.6 is 15.9 Å². The summed E-state index contributed by atoms with van der Waals surface area (Å²) in [5.41, 5.74) is 7.07. The molecular formula is C17H29BrN2. The van der Waals surface area contributed by atoms with E-state index in [0.717, 1.165) is 42.4 Å². The molecule has 0 aliphatic heterocycles. The summed E-state index contributed by atoms with van der Waals surface area (Å²) in [5, 5.41) is 0. The van der Waals surface area contributed by atoms with E-state index in [9.17, 15) is 0 Å². The predicted molar refractivity (Wildman–Crippen MR) is 91.7 cm³/mol. The molecule has 0 aliphatic rings. The summed E-state index contributed by atoms with van der Waals surface area (Å²) in [6.45, 7) is 7.61. The molecule has 20 heavy (non-hydrogen) atoms. The van der Waals surface area contributed by atoms with Gasteiger partial charge in [0, 0.05) is 11.0 Å². The first-order valence-corrected chi connectivity index (χ1v) is 8.45. The van der Waals surface area contributed by atoms with E-state index >= 15 is 0 Å². The van der Waals surface area contributed by atoms with Crippen LogP contribution in [0.5, 0.6) is 0 Å². The molecule has 0 amide bonds. The van der Waals surface area contributed by atoms with Gasteiger partial charge in [0.05, 0.1) is 0 Å². The average molecular weight is 341 g/mol. The Morgan fingerprint density at radius 2 is 2.00 bits per heavy atom. The van der Waals surface area contributed by atoms with Crippen molar-refractivity contribution in [3.63, 3.8) is 0 Å². The molecule has 0 aliphatic carbocycles. The highest BCUT2D eigenvalue weighted by atomic mass is 79.9. The van der Waals surface area contributed by atoms with Crippen molar-refractivity contribution in [1.29, 1.82) is 0 Å². The van der Waals surface area contributed by atoms with E-state index in [1.54, 1.807) is 0 Å². The second-order valence-corrected chi connectivity index (χ2v) is 7.01. The molecule has 0 spiro atoms. The van der Waals surface area contributed by atoms with Gasteiger partial charge in [-0.25, -0.2) is 0 Å². The molecule has 1 rings (SSSR count). The highest BCUT2D eigenvalue weighted by Crippen LogP contribution is 2.20. The minimum Gasteiger partial charge on any atom is -0.330 e. The van der Waals surface area contributed by atoms with E-state index in [1.165, 1.54) is 18.4 Å². The Hall–Kier alpha value is -0.380. The normalized spacial score (nSPS) is 13.2. The number of nitrogens with two attached hydrogens (primary N) is 1. The third kappa shape index (κ3) is 6.87. The Bertz CT molecular complexity index is 379. The highest BCUT2D eigenvalue weighted by Gasteiger charge is 2.12. The van der Waals surface area contributed by atoms with Crippen molar-refractivity contribution in [3.8, 4) is 0 Å². The Kier molecular flexibility index (Phi) is 8.43. The summed E-state index contributed by atoms with van der Waals surface area (Å²) in [7, 11) is 2.20. The zero-order valence-corrected chi connectivity index (χ0v) is 14.7. The van der Waals surface area contributed by atoms with Crippen LogP contribution in [0.15, 0.2) is 28.7 Å². The summed E-state index contributed by atoms with van der Waals surface area (Å²) in [4.78, 5) is 2.40. The molecule has 1 aromatic rings. The first-order valence-electron chi connectivity index (χ1n) is 7.66. The first kappa shape index (κ1) is 17.7. The fourth-order valence-electron chi connectivity index (χ4n) is 2.67. The average Bonchev–Trinajstić information content (AvgIpc) is 2.37. The molecule has 2 N–H and O–H groups in total. The maximum Gasteiger partial charge on any atom is 0.0231 e. The lowest BCUT2D eigenvalue weighted by molar-refractivity contribution is 0.278. The minimum absolute atomic E-state index is 0.744. The van der Waals surface area contributed by atoms with E-state index in [1.807, 2.05) is 0 Å². The predicted octanol–water partition coefficient (Wildman–Crippen LogP) is 4.28. The summed E-state index contributed by atoms with van der Waals surface area (Å²) in [6, 6.07) is 8.56. The third-order valence-electron chi connectivity index (χ3n) is 3.94. The number of nitrogens with zero attached hydrogens (tertiary/aromatic N) is 1. The van der Waals surface area contributed by atoms with Crippen molar-refractivity contribution >= 4 is 15.9 Å². The molecule has 0 radical (unpaired) electrons. The number of benzene rings is 1. The van der Waals surface area contributed by atoms with E-state index in [2.05, 4.69) is 66.0 Å². The SMILES string of the molecule is CC(C)C(CCN)CCCN(C)Cc1cccc(Br)c1. The zero-order chi connectivity index (χ0) is 15.0. The van der Waals surface area contributed by atoms with Gasteiger partial charge >= 0.3 is 0 Å². The largest absolute Gasteiger partial charge is 0.330 e. The lowest BCUT2D eigenvalue weighted by Crippen LogP contribution is -2.21. The number of halogens is 1. The third-order valence-corrected chi connectivity index (χ3v) is 4.43. The van der Waals surface area contributed by atoms with Crippen molar-refractivity contribution in [2.75, 3.05) is 20.1 Å². The standard InChI is InChI=1S/C17H29BrN2/c1-14(2)16(9-10-19)7-5-11-20(3)13-15-6-4-8-17(18)12-15/h4,6,8,12,14,16H,5,7,9-11,13,19H2,1-3H3. The van der Waals surface area contributed by atoms with Crippen molar-refractivity contribution in [2.24, 2.45) is 17.6 Å². The van der Waals surface area contributed by atoms with Crippen LogP contribution < -0.4 is 5.73 Å². The van der Waals surface area contributed by atoms with Crippen LogP contribution in [0.2, 0.25) is 0 Å². The zero-order valence-electron chi connectivity index (χ0n) is 13.1. The quantitative estimate of drug-likeness (QED) is 0.726. The summed E-state index contributed by atoms with van der Waals surface area (Å²) >= 11 is 3.53. The summed E-state index contributed by atoms with van der Waals surface area (Å²) < 4.78 is 1.16. The summed E-state index contributed by atoms with van der Waals surface area (Å²) in [5.74, 6) is 1.52. The van der Waals surface area contributed by atoms with Gasteiger partial charge in [-0.1, -0.05) is 41.9 Å². The lowest BCUT2D eigenvalue weighted by Gasteiger charge is -2.22. The van der Waals surface area contributed by atoms with Gasteiger partial charge in [-0.2, -0.15) is 0 Å². The van der Waals surface area contributed by atoms with Crippen LogP contribution in [0, 0.1) is 11.8 Å². The van der Waals surface area contributed by atoms with Gasteiger partial charge in [-0.15, -0.1) is 0 Å². The number of hydrogen-bond donors (Lipinski definition) is 1. The first-order chi connectivity index (χ1) is 9.52. The molecule has 0 saturated carbocycles. The fraction of sp³-hybridized carbons (Fsp3) is 0.647. The van der Waals surface area contributed by atoms with Crippen molar-refractivity contribution in [2.45, 2.75) is 39.7 Å². The number of hydrogen-bond acceptors (Lipinski definition) is 2. The summed E-state index contributed by atoms with van der Waals surface area (Å²) in [6.07, 6.45) is 3.71. The molecule has 114 valence electrons. The highest BCUT2D eigenvalue weighted by molar-refractivity contribution is 9.10. The molecule has 0 saturated heterocycles. The van der Waals surface area contributed by atoms with Crippen LogP contribution in [-0.2, 0) is 6.54 Å². The Balaban J connectivity index is 2.30. The van der Waals surface area contributed by atoms with Gasteiger partial charge in [-0.3, -0.25) is 0 Å². The fourth-order valence-corrected chi connectivity index (χ4v) is 3.12. The monoisotopic (exact) mass is 340 g/mol. The molecular weight excluding hydrogens is 312 g/mol. The van der Waals surface area contributed by atoms with Crippen LogP contribution in [0.3, 0.4) is 0 Å². The number of rotatable bonds is 9.